The number of nitrogen functional groups attached to an aromatic ring is 1. The van der Waals surface area contributed by atoms with Gasteiger partial charge in [0.2, 0.25) is 0 Å². The molecule has 0 saturated carbocycles. The Kier molecular flexibility index (Phi) is 5.79. The number of aromatic carboxylic acids is 1. The van der Waals surface area contributed by atoms with Crippen LogP contribution < -0.4 is 5.73 Å². The second-order valence-corrected chi connectivity index (χ2v) is 4.74. The van der Waals surface area contributed by atoms with E-state index in [0.29, 0.717) is 24.9 Å². The number of carbonyl (C=O) groups is 1. The number of carboxylic acids is 1. The Morgan fingerprint density at radius 3 is 2.68 bits per heavy atom. The standard InChI is InChI=1S/C14H22N2O3/c1-10(2)16(7-8-19-3)9-11-5-4-6-12(15)13(11)14(17)18/h4-6,10H,7-9,15H2,1-3H3,(H,17,18). The molecule has 0 bridgehead atoms. The Bertz CT molecular complexity index is 433. The van der Waals surface area contributed by atoms with E-state index in [1.165, 1.54) is 0 Å². The minimum absolute atomic E-state index is 0.200. The van der Waals surface area contributed by atoms with E-state index in [9.17, 15) is 9.90 Å². The molecular formula is C14H22N2O3. The van der Waals surface area contributed by atoms with Crippen molar-refractivity contribution in [2.45, 2.75) is 26.4 Å². The van der Waals surface area contributed by atoms with Gasteiger partial charge in [0.1, 0.15) is 0 Å². The summed E-state index contributed by atoms with van der Waals surface area (Å²) in [5.41, 5.74) is 6.99. The molecule has 0 spiro atoms. The van der Waals surface area contributed by atoms with Crippen molar-refractivity contribution in [2.75, 3.05) is 26.0 Å². The van der Waals surface area contributed by atoms with Crippen LogP contribution in [0, 0.1) is 0 Å². The molecular weight excluding hydrogens is 244 g/mol. The number of carboxylic acid groups (broad SMARTS) is 1. The molecule has 1 aromatic rings. The molecule has 1 rings (SSSR count). The lowest BCUT2D eigenvalue weighted by Crippen LogP contribution is -2.33. The van der Waals surface area contributed by atoms with Crippen molar-refractivity contribution in [1.29, 1.82) is 0 Å². The lowest BCUT2D eigenvalue weighted by Gasteiger charge is -2.27. The SMILES string of the molecule is COCCN(Cc1cccc(N)c1C(=O)O)C(C)C. The van der Waals surface area contributed by atoms with Crippen molar-refractivity contribution in [3.63, 3.8) is 0 Å². The molecule has 1 aromatic carbocycles. The summed E-state index contributed by atoms with van der Waals surface area (Å²) in [6.45, 7) is 6.06. The smallest absolute Gasteiger partial charge is 0.338 e. The van der Waals surface area contributed by atoms with E-state index in [4.69, 9.17) is 10.5 Å². The number of ether oxygens (including phenoxy) is 1. The molecule has 0 saturated heterocycles. The summed E-state index contributed by atoms with van der Waals surface area (Å²) in [6, 6.07) is 5.51. The van der Waals surface area contributed by atoms with Crippen LogP contribution in [0.15, 0.2) is 18.2 Å². The van der Waals surface area contributed by atoms with Gasteiger partial charge >= 0.3 is 5.97 Å². The van der Waals surface area contributed by atoms with Crippen LogP contribution in [0.5, 0.6) is 0 Å². The summed E-state index contributed by atoms with van der Waals surface area (Å²) in [5, 5.41) is 9.25. The van der Waals surface area contributed by atoms with Crippen LogP contribution in [0.3, 0.4) is 0 Å². The van der Waals surface area contributed by atoms with Gasteiger partial charge < -0.3 is 15.6 Å². The molecule has 0 heterocycles. The molecule has 19 heavy (non-hydrogen) atoms. The van der Waals surface area contributed by atoms with E-state index < -0.39 is 5.97 Å². The van der Waals surface area contributed by atoms with E-state index in [0.717, 1.165) is 12.1 Å². The summed E-state index contributed by atoms with van der Waals surface area (Å²) in [5.74, 6) is -0.983. The lowest BCUT2D eigenvalue weighted by molar-refractivity contribution is 0.0694. The van der Waals surface area contributed by atoms with Gasteiger partial charge in [-0.15, -0.1) is 0 Å². The van der Waals surface area contributed by atoms with E-state index in [-0.39, 0.29) is 5.56 Å². The zero-order chi connectivity index (χ0) is 14.4. The van der Waals surface area contributed by atoms with Gasteiger partial charge in [-0.05, 0) is 25.5 Å². The van der Waals surface area contributed by atoms with Gasteiger partial charge in [0, 0.05) is 31.9 Å². The number of nitrogens with two attached hydrogens (primary N) is 1. The molecule has 0 aromatic heterocycles. The first-order valence-electron chi connectivity index (χ1n) is 6.31. The first-order valence-corrected chi connectivity index (χ1v) is 6.31. The van der Waals surface area contributed by atoms with Crippen molar-refractivity contribution in [3.05, 3.63) is 29.3 Å². The fourth-order valence-electron chi connectivity index (χ4n) is 1.96. The van der Waals surface area contributed by atoms with E-state index in [1.54, 1.807) is 19.2 Å². The van der Waals surface area contributed by atoms with Crippen LogP contribution in [-0.2, 0) is 11.3 Å². The van der Waals surface area contributed by atoms with Crippen LogP contribution in [0.2, 0.25) is 0 Å². The van der Waals surface area contributed by atoms with Crippen LogP contribution in [0.1, 0.15) is 29.8 Å². The Labute approximate surface area is 114 Å². The number of rotatable bonds is 7. The molecule has 0 aliphatic rings. The third-order valence-corrected chi connectivity index (χ3v) is 3.08. The number of nitrogens with zero attached hydrogens (tertiary/aromatic N) is 1. The van der Waals surface area contributed by atoms with Crippen molar-refractivity contribution >= 4 is 11.7 Å². The predicted octanol–water partition coefficient (Wildman–Crippen LogP) is 1.82. The first kappa shape index (κ1) is 15.5. The molecule has 0 aliphatic heterocycles. The highest BCUT2D eigenvalue weighted by Gasteiger charge is 2.17. The van der Waals surface area contributed by atoms with Crippen LogP contribution in [0.4, 0.5) is 5.69 Å². The van der Waals surface area contributed by atoms with Gasteiger partial charge in [-0.1, -0.05) is 12.1 Å². The Hall–Kier alpha value is -1.59. The fraction of sp³-hybridized carbons (Fsp3) is 0.500. The number of hydrogen-bond donors (Lipinski definition) is 2. The number of benzene rings is 1. The quantitative estimate of drug-likeness (QED) is 0.736. The van der Waals surface area contributed by atoms with E-state index in [1.807, 2.05) is 6.07 Å². The van der Waals surface area contributed by atoms with E-state index in [2.05, 4.69) is 18.7 Å². The average Bonchev–Trinajstić information content (AvgIpc) is 2.33. The summed E-state index contributed by atoms with van der Waals surface area (Å²) in [7, 11) is 1.65. The topological polar surface area (TPSA) is 75.8 Å². The van der Waals surface area contributed by atoms with Gasteiger partial charge in [0.25, 0.3) is 0 Å². The summed E-state index contributed by atoms with van der Waals surface area (Å²) in [4.78, 5) is 13.4. The normalized spacial score (nSPS) is 11.2. The Balaban J connectivity index is 2.96. The molecule has 5 heteroatoms. The van der Waals surface area contributed by atoms with Gasteiger partial charge in [0.15, 0.2) is 0 Å². The van der Waals surface area contributed by atoms with Gasteiger partial charge in [-0.25, -0.2) is 4.79 Å². The maximum Gasteiger partial charge on any atom is 0.338 e. The summed E-state index contributed by atoms with van der Waals surface area (Å²) >= 11 is 0. The monoisotopic (exact) mass is 266 g/mol. The zero-order valence-electron chi connectivity index (χ0n) is 11.7. The van der Waals surface area contributed by atoms with Crippen molar-refractivity contribution in [1.82, 2.24) is 4.90 Å². The van der Waals surface area contributed by atoms with Crippen molar-refractivity contribution < 1.29 is 14.6 Å². The number of methoxy groups -OCH3 is 1. The first-order chi connectivity index (χ1) is 8.97. The summed E-state index contributed by atoms with van der Waals surface area (Å²) in [6.07, 6.45) is 0. The fourth-order valence-corrected chi connectivity index (χ4v) is 1.96. The van der Waals surface area contributed by atoms with Gasteiger partial charge in [-0.3, -0.25) is 4.90 Å². The molecule has 0 unspecified atom stereocenters. The maximum absolute atomic E-state index is 11.3. The maximum atomic E-state index is 11.3. The Morgan fingerprint density at radius 1 is 1.47 bits per heavy atom. The average molecular weight is 266 g/mol. The van der Waals surface area contributed by atoms with Crippen LogP contribution >= 0.6 is 0 Å². The minimum atomic E-state index is -0.983. The highest BCUT2D eigenvalue weighted by atomic mass is 16.5. The third kappa shape index (κ3) is 4.22. The molecule has 0 aliphatic carbocycles. The van der Waals surface area contributed by atoms with Crippen molar-refractivity contribution in [3.8, 4) is 0 Å². The molecule has 0 fully saturated rings. The minimum Gasteiger partial charge on any atom is -0.478 e. The van der Waals surface area contributed by atoms with E-state index >= 15 is 0 Å². The van der Waals surface area contributed by atoms with Crippen LogP contribution in [-0.4, -0.2) is 42.3 Å². The second-order valence-electron chi connectivity index (χ2n) is 4.74. The molecule has 0 amide bonds. The molecule has 3 N–H and O–H groups in total. The molecule has 5 nitrogen and oxygen atoms in total. The number of hydrogen-bond acceptors (Lipinski definition) is 4. The van der Waals surface area contributed by atoms with Crippen molar-refractivity contribution in [2.24, 2.45) is 0 Å². The number of anilines is 1. The van der Waals surface area contributed by atoms with Gasteiger partial charge in [-0.2, -0.15) is 0 Å². The highest BCUT2D eigenvalue weighted by molar-refractivity contribution is 5.95. The highest BCUT2D eigenvalue weighted by Crippen LogP contribution is 2.19. The largest absolute Gasteiger partial charge is 0.478 e. The van der Waals surface area contributed by atoms with Crippen LogP contribution in [0.25, 0.3) is 0 Å². The zero-order valence-corrected chi connectivity index (χ0v) is 11.7. The molecule has 0 atom stereocenters. The van der Waals surface area contributed by atoms with Gasteiger partial charge in [0.05, 0.1) is 12.2 Å². The second kappa shape index (κ2) is 7.11. The summed E-state index contributed by atoms with van der Waals surface area (Å²) < 4.78 is 5.08. The predicted molar refractivity (Wildman–Crippen MR) is 75.2 cm³/mol. The lowest BCUT2D eigenvalue weighted by atomic mass is 10.0. The molecule has 0 radical (unpaired) electrons. The third-order valence-electron chi connectivity index (χ3n) is 3.08. The molecule has 106 valence electrons. The Morgan fingerprint density at radius 2 is 2.16 bits per heavy atom.